The number of nitrogens with zero attached hydrogens (tertiary/aromatic N) is 4. The fourth-order valence-electron chi connectivity index (χ4n) is 5.94. The van der Waals surface area contributed by atoms with E-state index in [2.05, 4.69) is 68.0 Å². The second-order valence-corrected chi connectivity index (χ2v) is 11.4. The Hall–Kier alpha value is -3.23. The molecule has 1 atom stereocenters. The van der Waals surface area contributed by atoms with E-state index in [0.29, 0.717) is 13.1 Å². The summed E-state index contributed by atoms with van der Waals surface area (Å²) in [7, 11) is 0. The van der Waals surface area contributed by atoms with Crippen molar-refractivity contribution < 1.29 is 4.79 Å². The van der Waals surface area contributed by atoms with Crippen LogP contribution in [0, 0.1) is 6.92 Å². The van der Waals surface area contributed by atoms with E-state index in [4.69, 9.17) is 0 Å². The number of aromatic amines is 1. The van der Waals surface area contributed by atoms with Gasteiger partial charge in [-0.15, -0.1) is 11.3 Å². The largest absolute Gasteiger partial charge is 0.331 e. The van der Waals surface area contributed by atoms with E-state index in [0.717, 1.165) is 73.5 Å². The molecule has 1 fully saturated rings. The molecule has 2 aliphatic heterocycles. The Morgan fingerprint density at radius 1 is 1.24 bits per heavy atom. The third kappa shape index (κ3) is 4.76. The summed E-state index contributed by atoms with van der Waals surface area (Å²) in [5.41, 5.74) is 6.36. The van der Waals surface area contributed by atoms with Crippen molar-refractivity contribution in [1.29, 1.82) is 0 Å². The molecule has 0 aliphatic carbocycles. The maximum absolute atomic E-state index is 13.6. The molecule has 192 valence electrons. The third-order valence-corrected chi connectivity index (χ3v) is 9.06. The van der Waals surface area contributed by atoms with Gasteiger partial charge in [0.05, 0.1) is 17.8 Å². The lowest BCUT2D eigenvalue weighted by Crippen LogP contribution is -2.60. The van der Waals surface area contributed by atoms with Crippen molar-refractivity contribution in [1.82, 2.24) is 30.3 Å². The number of pyridine rings is 1. The van der Waals surface area contributed by atoms with Gasteiger partial charge in [0.2, 0.25) is 0 Å². The number of hydrogen-bond donors (Lipinski definition) is 2. The molecule has 1 saturated heterocycles. The highest BCUT2D eigenvalue weighted by Crippen LogP contribution is 2.32. The SMILES string of the molecule is CCC1(NC(=O)N2CCc3[nH]nc(-c4ccnc(C)c4)c3C2)CCCN(Cc2csc3ccccc23)C1. The lowest BCUT2D eigenvalue weighted by atomic mass is 9.86. The van der Waals surface area contributed by atoms with Crippen LogP contribution < -0.4 is 5.32 Å². The summed E-state index contributed by atoms with van der Waals surface area (Å²) >= 11 is 1.82. The van der Waals surface area contributed by atoms with Gasteiger partial charge >= 0.3 is 6.03 Å². The number of rotatable bonds is 5. The van der Waals surface area contributed by atoms with Crippen molar-refractivity contribution in [2.75, 3.05) is 19.6 Å². The highest BCUT2D eigenvalue weighted by atomic mass is 32.1. The van der Waals surface area contributed by atoms with E-state index in [1.54, 1.807) is 0 Å². The molecule has 0 saturated carbocycles. The zero-order valence-corrected chi connectivity index (χ0v) is 22.4. The first-order valence-corrected chi connectivity index (χ1v) is 14.2. The number of thiophene rings is 1. The van der Waals surface area contributed by atoms with E-state index < -0.39 is 0 Å². The molecular weight excluding hydrogens is 480 g/mol. The number of amides is 2. The van der Waals surface area contributed by atoms with Crippen LogP contribution >= 0.6 is 11.3 Å². The number of carbonyl (C=O) groups is 1. The molecule has 37 heavy (non-hydrogen) atoms. The predicted octanol–water partition coefficient (Wildman–Crippen LogP) is 5.51. The molecule has 0 spiro atoms. The summed E-state index contributed by atoms with van der Waals surface area (Å²) in [4.78, 5) is 22.4. The number of piperidine rings is 1. The summed E-state index contributed by atoms with van der Waals surface area (Å²) < 4.78 is 1.34. The molecule has 5 heterocycles. The van der Waals surface area contributed by atoms with Gasteiger partial charge in [0.1, 0.15) is 0 Å². The number of likely N-dealkylation sites (tertiary alicyclic amines) is 1. The number of H-pyrrole nitrogens is 1. The van der Waals surface area contributed by atoms with Gasteiger partial charge in [-0.05, 0) is 67.3 Å². The van der Waals surface area contributed by atoms with E-state index in [1.807, 2.05) is 35.4 Å². The van der Waals surface area contributed by atoms with Gasteiger partial charge in [-0.2, -0.15) is 5.10 Å². The second-order valence-electron chi connectivity index (χ2n) is 10.5. The zero-order chi connectivity index (χ0) is 25.4. The maximum Gasteiger partial charge on any atom is 0.318 e. The van der Waals surface area contributed by atoms with Crippen LogP contribution in [0.1, 0.15) is 48.7 Å². The number of aromatic nitrogens is 3. The van der Waals surface area contributed by atoms with Gasteiger partial charge in [0, 0.05) is 59.5 Å². The van der Waals surface area contributed by atoms with E-state index in [-0.39, 0.29) is 11.6 Å². The molecule has 3 aromatic heterocycles. The Labute approximate surface area is 221 Å². The molecule has 0 radical (unpaired) electrons. The number of hydrogen-bond acceptors (Lipinski definition) is 5. The standard InChI is InChI=1S/C29H34N6OS/c1-3-29(11-6-13-34(19-29)16-22-18-37-26-8-5-4-7-23(22)26)31-28(36)35-14-10-25-24(17-35)27(33-32-25)21-9-12-30-20(2)15-21/h4-5,7-9,12,15,18H,3,6,10-11,13-14,16-17,19H2,1-2H3,(H,31,36)(H,32,33). The molecule has 2 N–H and O–H groups in total. The monoisotopic (exact) mass is 514 g/mol. The van der Waals surface area contributed by atoms with Gasteiger partial charge in [0.25, 0.3) is 0 Å². The van der Waals surface area contributed by atoms with Gasteiger partial charge < -0.3 is 10.2 Å². The lowest BCUT2D eigenvalue weighted by Gasteiger charge is -2.44. The minimum absolute atomic E-state index is 0.0355. The number of aryl methyl sites for hydroxylation is 1. The van der Waals surface area contributed by atoms with Crippen molar-refractivity contribution in [3.05, 3.63) is 70.5 Å². The average Bonchev–Trinajstić information content (AvgIpc) is 3.53. The predicted molar refractivity (Wildman–Crippen MR) is 149 cm³/mol. The van der Waals surface area contributed by atoms with Gasteiger partial charge in [0.15, 0.2) is 0 Å². The van der Waals surface area contributed by atoms with Crippen molar-refractivity contribution in [2.24, 2.45) is 0 Å². The van der Waals surface area contributed by atoms with Crippen LogP contribution in [0.15, 0.2) is 48.0 Å². The highest BCUT2D eigenvalue weighted by Gasteiger charge is 2.37. The van der Waals surface area contributed by atoms with E-state index in [1.165, 1.54) is 15.6 Å². The lowest BCUT2D eigenvalue weighted by molar-refractivity contribution is 0.106. The molecule has 6 rings (SSSR count). The smallest absolute Gasteiger partial charge is 0.318 e. The second kappa shape index (κ2) is 9.91. The van der Waals surface area contributed by atoms with Crippen molar-refractivity contribution in [3.63, 3.8) is 0 Å². The van der Waals surface area contributed by atoms with Crippen LogP contribution in [0.3, 0.4) is 0 Å². The van der Waals surface area contributed by atoms with Crippen LogP contribution in [-0.2, 0) is 19.5 Å². The Morgan fingerprint density at radius 2 is 2.14 bits per heavy atom. The van der Waals surface area contributed by atoms with Crippen LogP contribution in [0.5, 0.6) is 0 Å². The molecule has 8 heteroatoms. The number of fused-ring (bicyclic) bond motifs is 2. The summed E-state index contributed by atoms with van der Waals surface area (Å²) in [6, 6.07) is 12.7. The Morgan fingerprint density at radius 3 is 3.00 bits per heavy atom. The molecular formula is C29H34N6OS. The molecule has 0 bridgehead atoms. The number of nitrogens with one attached hydrogen (secondary N) is 2. The average molecular weight is 515 g/mol. The minimum Gasteiger partial charge on any atom is -0.331 e. The van der Waals surface area contributed by atoms with Crippen LogP contribution in [0.2, 0.25) is 0 Å². The first kappa shape index (κ1) is 24.1. The quantitative estimate of drug-likeness (QED) is 0.368. The van der Waals surface area contributed by atoms with Crippen LogP contribution in [-0.4, -0.2) is 56.2 Å². The molecule has 2 aliphatic rings. The molecule has 4 aromatic rings. The number of carbonyl (C=O) groups excluding carboxylic acids is 1. The van der Waals surface area contributed by atoms with Gasteiger partial charge in [-0.3, -0.25) is 15.0 Å². The fourth-order valence-corrected chi connectivity index (χ4v) is 6.90. The maximum atomic E-state index is 13.6. The molecule has 2 amide bonds. The fraction of sp³-hybridized carbons (Fsp3) is 0.414. The first-order chi connectivity index (χ1) is 18.0. The van der Waals surface area contributed by atoms with Gasteiger partial charge in [-0.1, -0.05) is 25.1 Å². The van der Waals surface area contributed by atoms with E-state index >= 15 is 0 Å². The van der Waals surface area contributed by atoms with Crippen LogP contribution in [0.25, 0.3) is 21.3 Å². The summed E-state index contributed by atoms with van der Waals surface area (Å²) in [5, 5.41) is 15.0. The normalized spacial score (nSPS) is 20.2. The van der Waals surface area contributed by atoms with E-state index in [9.17, 15) is 4.79 Å². The van der Waals surface area contributed by atoms with Crippen LogP contribution in [0.4, 0.5) is 4.79 Å². The topological polar surface area (TPSA) is 77.1 Å². The molecule has 7 nitrogen and oxygen atoms in total. The summed E-state index contributed by atoms with van der Waals surface area (Å²) in [5.74, 6) is 0. The van der Waals surface area contributed by atoms with Crippen molar-refractivity contribution >= 4 is 27.5 Å². The third-order valence-electron chi connectivity index (χ3n) is 8.05. The summed E-state index contributed by atoms with van der Waals surface area (Å²) in [6.45, 7) is 8.33. The minimum atomic E-state index is -0.205. The van der Waals surface area contributed by atoms with Crippen molar-refractivity contribution in [2.45, 2.75) is 58.2 Å². The Kier molecular flexibility index (Phi) is 6.46. The number of benzene rings is 1. The van der Waals surface area contributed by atoms with Gasteiger partial charge in [-0.25, -0.2) is 4.79 Å². The number of urea groups is 1. The van der Waals surface area contributed by atoms with Crippen molar-refractivity contribution in [3.8, 4) is 11.3 Å². The summed E-state index contributed by atoms with van der Waals surface area (Å²) in [6.07, 6.45) is 5.64. The first-order valence-electron chi connectivity index (χ1n) is 13.3. The zero-order valence-electron chi connectivity index (χ0n) is 21.6. The molecule has 1 unspecified atom stereocenters. The Bertz CT molecular complexity index is 1430. The molecule has 1 aromatic carbocycles. The highest BCUT2D eigenvalue weighted by molar-refractivity contribution is 7.17. The Balaban J connectivity index is 1.16.